The molecule has 2 saturated carbocycles. The van der Waals surface area contributed by atoms with Crippen LogP contribution in [0, 0.1) is 11.8 Å². The fraction of sp³-hybridized carbons (Fsp3) is 0.818. The van der Waals surface area contributed by atoms with Gasteiger partial charge in [0.15, 0.2) is 5.82 Å². The van der Waals surface area contributed by atoms with E-state index in [0.29, 0.717) is 11.8 Å². The molecular formula is C11H16N4O2. The number of nitrogens with zero attached hydrogens (tertiary/aromatic N) is 4. The molecule has 0 saturated heterocycles. The van der Waals surface area contributed by atoms with Crippen molar-refractivity contribution >= 4 is 5.97 Å². The maximum absolute atomic E-state index is 11.0. The second-order valence-corrected chi connectivity index (χ2v) is 5.28. The van der Waals surface area contributed by atoms with Gasteiger partial charge in [0.1, 0.15) is 6.04 Å². The van der Waals surface area contributed by atoms with Gasteiger partial charge in [-0.15, -0.1) is 5.10 Å². The van der Waals surface area contributed by atoms with Crippen LogP contribution in [-0.2, 0) is 4.79 Å². The fourth-order valence-corrected chi connectivity index (χ4v) is 3.39. The Balaban J connectivity index is 1.89. The largest absolute Gasteiger partial charge is 0.480 e. The summed E-state index contributed by atoms with van der Waals surface area (Å²) in [6, 6.07) is -0.681. The van der Waals surface area contributed by atoms with Crippen molar-refractivity contribution in [3.05, 3.63) is 5.82 Å². The lowest BCUT2D eigenvalue weighted by molar-refractivity contribution is -0.140. The molecule has 1 aromatic heterocycles. The minimum Gasteiger partial charge on any atom is -0.480 e. The number of aliphatic carboxylic acids is 1. The van der Waals surface area contributed by atoms with E-state index in [1.807, 2.05) is 0 Å². The molecule has 0 spiro atoms. The highest BCUT2D eigenvalue weighted by Gasteiger charge is 2.43. The van der Waals surface area contributed by atoms with Crippen LogP contribution >= 0.6 is 0 Å². The van der Waals surface area contributed by atoms with Gasteiger partial charge >= 0.3 is 5.97 Å². The van der Waals surface area contributed by atoms with Crippen LogP contribution in [0.2, 0.25) is 0 Å². The van der Waals surface area contributed by atoms with Crippen LogP contribution in [0.4, 0.5) is 0 Å². The van der Waals surface area contributed by atoms with Crippen molar-refractivity contribution in [1.29, 1.82) is 0 Å². The molecule has 2 fully saturated rings. The van der Waals surface area contributed by atoms with Crippen LogP contribution in [0.1, 0.15) is 50.4 Å². The van der Waals surface area contributed by atoms with E-state index in [1.165, 1.54) is 23.9 Å². The van der Waals surface area contributed by atoms with Gasteiger partial charge in [0.05, 0.1) is 0 Å². The molecule has 92 valence electrons. The molecular weight excluding hydrogens is 220 g/mol. The zero-order valence-electron chi connectivity index (χ0n) is 9.78. The lowest BCUT2D eigenvalue weighted by atomic mass is 9.88. The summed E-state index contributed by atoms with van der Waals surface area (Å²) in [7, 11) is 0. The van der Waals surface area contributed by atoms with E-state index in [0.717, 1.165) is 18.2 Å². The Morgan fingerprint density at radius 3 is 2.88 bits per heavy atom. The number of carboxylic acids is 1. The first-order valence-corrected chi connectivity index (χ1v) is 6.17. The molecule has 4 unspecified atom stereocenters. The third-order valence-corrected chi connectivity index (χ3v) is 4.31. The third kappa shape index (κ3) is 1.62. The highest BCUT2D eigenvalue weighted by atomic mass is 16.4. The molecule has 2 aliphatic rings. The Morgan fingerprint density at radius 2 is 2.29 bits per heavy atom. The molecule has 1 heterocycles. The Morgan fingerprint density at radius 1 is 1.47 bits per heavy atom. The van der Waals surface area contributed by atoms with Crippen molar-refractivity contribution in [1.82, 2.24) is 20.2 Å². The molecule has 1 aromatic rings. The molecule has 2 aliphatic carbocycles. The minimum absolute atomic E-state index is 0.366. The standard InChI is InChI=1S/C11H16N4O2/c1-6(11(16)17)15-10(12-13-14-15)9-5-7-2-3-8(9)4-7/h6-9H,2-5H2,1H3,(H,16,17). The maximum Gasteiger partial charge on any atom is 0.328 e. The van der Waals surface area contributed by atoms with Crippen molar-refractivity contribution in [2.24, 2.45) is 11.8 Å². The molecule has 0 radical (unpaired) electrons. The van der Waals surface area contributed by atoms with Crippen molar-refractivity contribution in [2.45, 2.75) is 44.6 Å². The van der Waals surface area contributed by atoms with Crippen LogP contribution in [0.15, 0.2) is 0 Å². The van der Waals surface area contributed by atoms with Gasteiger partial charge in [0.2, 0.25) is 0 Å². The number of hydrogen-bond donors (Lipinski definition) is 1. The Hall–Kier alpha value is -1.46. The molecule has 0 aromatic carbocycles. The number of aromatic nitrogens is 4. The number of hydrogen-bond acceptors (Lipinski definition) is 4. The first kappa shape index (κ1) is 10.7. The highest BCUT2D eigenvalue weighted by molar-refractivity contribution is 5.71. The van der Waals surface area contributed by atoms with E-state index in [2.05, 4.69) is 15.5 Å². The molecule has 17 heavy (non-hydrogen) atoms. The van der Waals surface area contributed by atoms with Gasteiger partial charge in [-0.3, -0.25) is 0 Å². The zero-order chi connectivity index (χ0) is 12.0. The highest BCUT2D eigenvalue weighted by Crippen LogP contribution is 2.52. The average molecular weight is 236 g/mol. The topological polar surface area (TPSA) is 80.9 Å². The van der Waals surface area contributed by atoms with Gasteiger partial charge in [0.25, 0.3) is 0 Å². The number of carboxylic acid groups (broad SMARTS) is 1. The second kappa shape index (κ2) is 3.78. The van der Waals surface area contributed by atoms with Gasteiger partial charge < -0.3 is 5.11 Å². The summed E-state index contributed by atoms with van der Waals surface area (Å²) in [6.45, 7) is 1.62. The normalized spacial score (nSPS) is 32.9. The van der Waals surface area contributed by atoms with E-state index >= 15 is 0 Å². The Bertz CT molecular complexity index is 444. The second-order valence-electron chi connectivity index (χ2n) is 5.28. The van der Waals surface area contributed by atoms with Gasteiger partial charge in [-0.25, -0.2) is 9.48 Å². The summed E-state index contributed by atoms with van der Waals surface area (Å²) in [5.74, 6) is 1.71. The number of rotatable bonds is 3. The maximum atomic E-state index is 11.0. The number of carbonyl (C=O) groups is 1. The van der Waals surface area contributed by atoms with Crippen molar-refractivity contribution in [2.75, 3.05) is 0 Å². The van der Waals surface area contributed by atoms with Gasteiger partial charge in [0, 0.05) is 5.92 Å². The summed E-state index contributed by atoms with van der Waals surface area (Å²) in [4.78, 5) is 11.0. The molecule has 0 amide bonds. The van der Waals surface area contributed by atoms with E-state index < -0.39 is 12.0 Å². The van der Waals surface area contributed by atoms with Gasteiger partial charge in [-0.2, -0.15) is 0 Å². The Labute approximate surface area is 99.0 Å². The Kier molecular flexibility index (Phi) is 2.38. The summed E-state index contributed by atoms with van der Waals surface area (Å²) >= 11 is 0. The SMILES string of the molecule is CC(C(=O)O)n1nnnc1C1CC2CCC1C2. The summed E-state index contributed by atoms with van der Waals surface area (Å²) in [5, 5.41) is 20.6. The third-order valence-electron chi connectivity index (χ3n) is 4.31. The van der Waals surface area contributed by atoms with Crippen molar-refractivity contribution in [3.63, 3.8) is 0 Å². The molecule has 0 aliphatic heterocycles. The lowest BCUT2D eigenvalue weighted by Gasteiger charge is -2.21. The predicted octanol–water partition coefficient (Wildman–Crippen LogP) is 1.22. The summed E-state index contributed by atoms with van der Waals surface area (Å²) in [5.41, 5.74) is 0. The number of fused-ring (bicyclic) bond motifs is 2. The predicted molar refractivity (Wildman–Crippen MR) is 58.4 cm³/mol. The molecule has 4 atom stereocenters. The molecule has 1 N–H and O–H groups in total. The molecule has 6 heteroatoms. The molecule has 6 nitrogen and oxygen atoms in total. The monoisotopic (exact) mass is 236 g/mol. The minimum atomic E-state index is -0.887. The number of tetrazole rings is 1. The first-order chi connectivity index (χ1) is 8.16. The van der Waals surface area contributed by atoms with E-state index in [-0.39, 0.29) is 0 Å². The average Bonchev–Trinajstić information content (AvgIpc) is 3.02. The summed E-state index contributed by atoms with van der Waals surface area (Å²) < 4.78 is 1.48. The zero-order valence-corrected chi connectivity index (χ0v) is 9.78. The van der Waals surface area contributed by atoms with Crippen LogP contribution in [0.25, 0.3) is 0 Å². The molecule has 2 bridgehead atoms. The smallest absolute Gasteiger partial charge is 0.328 e. The van der Waals surface area contributed by atoms with E-state index in [1.54, 1.807) is 6.92 Å². The van der Waals surface area contributed by atoms with Crippen LogP contribution in [-0.4, -0.2) is 31.3 Å². The van der Waals surface area contributed by atoms with Crippen LogP contribution < -0.4 is 0 Å². The first-order valence-electron chi connectivity index (χ1n) is 6.17. The quantitative estimate of drug-likeness (QED) is 0.853. The van der Waals surface area contributed by atoms with Crippen molar-refractivity contribution < 1.29 is 9.90 Å². The van der Waals surface area contributed by atoms with Crippen molar-refractivity contribution in [3.8, 4) is 0 Å². The van der Waals surface area contributed by atoms with Crippen LogP contribution in [0.5, 0.6) is 0 Å². The summed E-state index contributed by atoms with van der Waals surface area (Å²) in [6.07, 6.45) is 4.94. The fourth-order valence-electron chi connectivity index (χ4n) is 3.39. The van der Waals surface area contributed by atoms with E-state index in [9.17, 15) is 4.79 Å². The molecule has 3 rings (SSSR count). The van der Waals surface area contributed by atoms with Gasteiger partial charge in [-0.05, 0) is 48.4 Å². The lowest BCUT2D eigenvalue weighted by Crippen LogP contribution is -2.22. The van der Waals surface area contributed by atoms with Crippen LogP contribution in [0.3, 0.4) is 0 Å². The van der Waals surface area contributed by atoms with Gasteiger partial charge in [-0.1, -0.05) is 6.42 Å². The van der Waals surface area contributed by atoms with E-state index in [4.69, 9.17) is 5.11 Å².